The summed E-state index contributed by atoms with van der Waals surface area (Å²) in [6.07, 6.45) is 1.33. The second kappa shape index (κ2) is 9.44. The molecule has 8 nitrogen and oxygen atoms in total. The molecule has 2 aromatic carbocycles. The number of para-hydroxylation sites is 1. The van der Waals surface area contributed by atoms with Crippen LogP contribution in [-0.2, 0) is 23.9 Å². The molecule has 1 amide bonds. The van der Waals surface area contributed by atoms with Crippen molar-refractivity contribution in [3.05, 3.63) is 57.6 Å². The van der Waals surface area contributed by atoms with Gasteiger partial charge >= 0.3 is 11.9 Å². The van der Waals surface area contributed by atoms with Crippen LogP contribution >= 0.6 is 15.9 Å². The van der Waals surface area contributed by atoms with Gasteiger partial charge in [0.15, 0.2) is 18.1 Å². The van der Waals surface area contributed by atoms with Gasteiger partial charge in [0, 0.05) is 24.0 Å². The van der Waals surface area contributed by atoms with Gasteiger partial charge in [0.1, 0.15) is 5.57 Å². The first-order valence-electron chi connectivity index (χ1n) is 9.64. The molecule has 0 atom stereocenters. The van der Waals surface area contributed by atoms with Crippen LogP contribution in [0.3, 0.4) is 0 Å². The Hall–Kier alpha value is -3.33. The van der Waals surface area contributed by atoms with Crippen LogP contribution in [0.1, 0.15) is 25.0 Å². The Bertz CT molecular complexity index is 1090. The Labute approximate surface area is 193 Å². The fourth-order valence-electron chi connectivity index (χ4n) is 2.91. The predicted molar refractivity (Wildman–Crippen MR) is 120 cm³/mol. The zero-order valence-corrected chi connectivity index (χ0v) is 19.6. The zero-order valence-electron chi connectivity index (χ0n) is 18.0. The Morgan fingerprint density at radius 2 is 1.78 bits per heavy atom. The summed E-state index contributed by atoms with van der Waals surface area (Å²) in [6.45, 7) is 4.59. The molecular weight excluding hydrogens is 482 g/mol. The Morgan fingerprint density at radius 1 is 1.12 bits per heavy atom. The minimum absolute atomic E-state index is 0.245. The van der Waals surface area contributed by atoms with Gasteiger partial charge in [-0.2, -0.15) is 0 Å². The number of hydrogen-bond donors (Lipinski definition) is 1. The lowest BCUT2D eigenvalue weighted by Gasteiger charge is -2.29. The van der Waals surface area contributed by atoms with Gasteiger partial charge in [0.05, 0.1) is 7.11 Å². The average Bonchev–Trinajstić information content (AvgIpc) is 2.71. The van der Waals surface area contributed by atoms with Crippen LogP contribution in [0.2, 0.25) is 0 Å². The highest BCUT2D eigenvalue weighted by Crippen LogP contribution is 2.35. The highest BCUT2D eigenvalue weighted by atomic mass is 79.9. The van der Waals surface area contributed by atoms with Gasteiger partial charge in [-0.3, -0.25) is 4.79 Å². The maximum Gasteiger partial charge on any atom is 0.348 e. The SMILES string of the molecule is COc1cc(C=C2C(=O)OC(C)(C)OC2=O)c(Br)cc1OCC(=O)Nc1ccccc1C. The quantitative estimate of drug-likeness (QED) is 0.361. The van der Waals surface area contributed by atoms with Crippen LogP contribution in [0, 0.1) is 6.92 Å². The van der Waals surface area contributed by atoms with E-state index >= 15 is 0 Å². The summed E-state index contributed by atoms with van der Waals surface area (Å²) in [4.78, 5) is 36.7. The molecule has 9 heteroatoms. The number of rotatable bonds is 6. The van der Waals surface area contributed by atoms with Crippen LogP contribution in [-0.4, -0.2) is 37.3 Å². The Morgan fingerprint density at radius 3 is 2.41 bits per heavy atom. The van der Waals surface area contributed by atoms with Crippen molar-refractivity contribution in [1.29, 1.82) is 0 Å². The first-order chi connectivity index (χ1) is 15.1. The zero-order chi connectivity index (χ0) is 23.5. The van der Waals surface area contributed by atoms with E-state index in [9.17, 15) is 14.4 Å². The first-order valence-corrected chi connectivity index (χ1v) is 10.4. The third-order valence-corrected chi connectivity index (χ3v) is 5.16. The van der Waals surface area contributed by atoms with Gasteiger partial charge in [-0.1, -0.05) is 34.1 Å². The van der Waals surface area contributed by atoms with Crippen LogP contribution in [0.25, 0.3) is 6.08 Å². The highest BCUT2D eigenvalue weighted by Gasteiger charge is 2.39. The number of anilines is 1. The van der Waals surface area contributed by atoms with E-state index in [-0.39, 0.29) is 18.1 Å². The molecule has 0 radical (unpaired) electrons. The van der Waals surface area contributed by atoms with Crippen molar-refractivity contribution in [2.24, 2.45) is 0 Å². The second-order valence-corrected chi connectivity index (χ2v) is 8.27. The smallest absolute Gasteiger partial charge is 0.348 e. The molecule has 1 saturated heterocycles. The van der Waals surface area contributed by atoms with E-state index in [1.807, 2.05) is 25.1 Å². The van der Waals surface area contributed by atoms with Gasteiger partial charge in [-0.15, -0.1) is 0 Å². The average molecular weight is 504 g/mol. The molecule has 1 fully saturated rings. The van der Waals surface area contributed by atoms with Gasteiger partial charge in [0.2, 0.25) is 0 Å². The molecule has 0 spiro atoms. The van der Waals surface area contributed by atoms with E-state index in [0.29, 0.717) is 27.2 Å². The maximum absolute atomic E-state index is 12.3. The molecular formula is C23H22BrNO7. The standard InChI is InChI=1S/C23H22BrNO7/c1-13-7-5-6-8-17(13)25-20(26)12-30-19-11-16(24)14(10-18(19)29-4)9-15-21(27)31-23(2,3)32-22(15)28/h5-11H,12H2,1-4H3,(H,25,26). The number of nitrogens with one attached hydrogen (secondary N) is 1. The van der Waals surface area contributed by atoms with Crippen LogP contribution < -0.4 is 14.8 Å². The fourth-order valence-corrected chi connectivity index (χ4v) is 3.35. The van der Waals surface area contributed by atoms with Crippen LogP contribution in [0.4, 0.5) is 5.69 Å². The van der Waals surface area contributed by atoms with E-state index in [2.05, 4.69) is 21.2 Å². The third-order valence-electron chi connectivity index (χ3n) is 4.48. The topological polar surface area (TPSA) is 100 Å². The summed E-state index contributed by atoms with van der Waals surface area (Å²) >= 11 is 3.39. The Balaban J connectivity index is 1.77. The molecule has 2 aromatic rings. The van der Waals surface area contributed by atoms with Crippen LogP contribution in [0.15, 0.2) is 46.4 Å². The number of esters is 2. The van der Waals surface area contributed by atoms with Gasteiger partial charge in [-0.05, 0) is 42.3 Å². The van der Waals surface area contributed by atoms with Crippen molar-refractivity contribution in [2.45, 2.75) is 26.6 Å². The number of hydrogen-bond acceptors (Lipinski definition) is 7. The fraction of sp³-hybridized carbons (Fsp3) is 0.261. The number of cyclic esters (lactones) is 2. The van der Waals surface area contributed by atoms with Gasteiger partial charge in [0.25, 0.3) is 11.7 Å². The van der Waals surface area contributed by atoms with E-state index in [0.717, 1.165) is 5.56 Å². The number of ether oxygens (including phenoxy) is 4. The molecule has 32 heavy (non-hydrogen) atoms. The number of aryl methyl sites for hydroxylation is 1. The molecule has 0 aliphatic carbocycles. The van der Waals surface area contributed by atoms with E-state index < -0.39 is 17.7 Å². The van der Waals surface area contributed by atoms with Crippen molar-refractivity contribution < 1.29 is 33.3 Å². The number of benzene rings is 2. The molecule has 1 aliphatic rings. The molecule has 0 saturated carbocycles. The van der Waals surface area contributed by atoms with Crippen molar-refractivity contribution in [3.63, 3.8) is 0 Å². The molecule has 1 heterocycles. The molecule has 0 unspecified atom stereocenters. The van der Waals surface area contributed by atoms with Gasteiger partial charge < -0.3 is 24.3 Å². The predicted octanol–water partition coefficient (Wildman–Crippen LogP) is 4.00. The van der Waals surface area contributed by atoms with Crippen LogP contribution in [0.5, 0.6) is 11.5 Å². The highest BCUT2D eigenvalue weighted by molar-refractivity contribution is 9.10. The number of amides is 1. The summed E-state index contributed by atoms with van der Waals surface area (Å²) in [5.41, 5.74) is 1.84. The first kappa shape index (κ1) is 23.3. The maximum atomic E-state index is 12.3. The molecule has 168 valence electrons. The van der Waals surface area contributed by atoms with E-state index in [1.165, 1.54) is 27.0 Å². The Kier molecular flexibility index (Phi) is 6.88. The number of carbonyl (C=O) groups excluding carboxylic acids is 3. The lowest BCUT2D eigenvalue weighted by Crippen LogP contribution is -2.41. The molecule has 1 N–H and O–H groups in total. The lowest BCUT2D eigenvalue weighted by molar-refractivity contribution is -0.222. The van der Waals surface area contributed by atoms with Crippen molar-refractivity contribution in [1.82, 2.24) is 0 Å². The summed E-state index contributed by atoms with van der Waals surface area (Å²) in [5.74, 6) is -2.62. The third kappa shape index (κ3) is 5.47. The summed E-state index contributed by atoms with van der Waals surface area (Å²) in [7, 11) is 1.44. The summed E-state index contributed by atoms with van der Waals surface area (Å²) < 4.78 is 21.7. The van der Waals surface area contributed by atoms with Crippen molar-refractivity contribution in [3.8, 4) is 11.5 Å². The number of carbonyl (C=O) groups is 3. The summed E-state index contributed by atoms with van der Waals surface area (Å²) in [6, 6.07) is 10.5. The van der Waals surface area contributed by atoms with Crippen molar-refractivity contribution >= 4 is 45.5 Å². The second-order valence-electron chi connectivity index (χ2n) is 7.41. The molecule has 3 rings (SSSR count). The number of methoxy groups -OCH3 is 1. The monoisotopic (exact) mass is 503 g/mol. The minimum atomic E-state index is -1.32. The van der Waals surface area contributed by atoms with Gasteiger partial charge in [-0.25, -0.2) is 9.59 Å². The largest absolute Gasteiger partial charge is 0.493 e. The molecule has 1 aliphatic heterocycles. The molecule has 0 aromatic heterocycles. The summed E-state index contributed by atoms with van der Waals surface area (Å²) in [5, 5.41) is 2.79. The molecule has 0 bridgehead atoms. The van der Waals surface area contributed by atoms with E-state index in [4.69, 9.17) is 18.9 Å². The van der Waals surface area contributed by atoms with E-state index in [1.54, 1.807) is 18.2 Å². The lowest BCUT2D eigenvalue weighted by atomic mass is 10.1. The normalized spacial score (nSPS) is 14.8. The minimum Gasteiger partial charge on any atom is -0.493 e. The van der Waals surface area contributed by atoms with Crippen molar-refractivity contribution in [2.75, 3.05) is 19.0 Å². The number of halogens is 1.